The van der Waals surface area contributed by atoms with Crippen molar-refractivity contribution in [3.8, 4) is 0 Å². The fraction of sp³-hybridized carbons (Fsp3) is 0.467. The first-order chi connectivity index (χ1) is 9.34. The lowest BCUT2D eigenvalue weighted by molar-refractivity contribution is 0.0697. The summed E-state index contributed by atoms with van der Waals surface area (Å²) in [6.07, 6.45) is 0.617. The number of aromatic nitrogens is 2. The van der Waals surface area contributed by atoms with Gasteiger partial charge in [-0.2, -0.15) is 0 Å². The first kappa shape index (κ1) is 14.5. The van der Waals surface area contributed by atoms with Crippen LogP contribution in [0.25, 0.3) is 11.0 Å². The monoisotopic (exact) mass is 276 g/mol. The Balaban J connectivity index is 2.65. The molecule has 5 nitrogen and oxygen atoms in total. The molecule has 5 heteroatoms. The normalized spacial score (nSPS) is 12.0. The molecule has 0 fully saturated rings. The van der Waals surface area contributed by atoms with Crippen LogP contribution in [0.2, 0.25) is 0 Å². The number of aliphatic hydroxyl groups is 1. The number of carboxylic acids is 1. The largest absolute Gasteiger partial charge is 0.478 e. The van der Waals surface area contributed by atoms with Crippen LogP contribution in [0, 0.1) is 0 Å². The molecule has 0 unspecified atom stereocenters. The quantitative estimate of drug-likeness (QED) is 0.899. The molecule has 0 radical (unpaired) electrons. The van der Waals surface area contributed by atoms with E-state index in [2.05, 4.69) is 25.8 Å². The molecule has 0 aliphatic carbocycles. The molecule has 2 N–H and O–H groups in total. The van der Waals surface area contributed by atoms with Crippen LogP contribution in [0.1, 0.15) is 43.4 Å². The van der Waals surface area contributed by atoms with E-state index in [-0.39, 0.29) is 17.6 Å². The van der Waals surface area contributed by atoms with Crippen molar-refractivity contribution >= 4 is 17.0 Å². The maximum atomic E-state index is 11.1. The summed E-state index contributed by atoms with van der Waals surface area (Å²) < 4.78 is 2.01. The van der Waals surface area contributed by atoms with Crippen molar-refractivity contribution < 1.29 is 15.0 Å². The van der Waals surface area contributed by atoms with E-state index in [0.29, 0.717) is 13.0 Å². The van der Waals surface area contributed by atoms with Crippen LogP contribution in [0.5, 0.6) is 0 Å². The Bertz CT molecular complexity index is 638. The van der Waals surface area contributed by atoms with E-state index < -0.39 is 5.97 Å². The summed E-state index contributed by atoms with van der Waals surface area (Å²) in [5.74, 6) is -0.0393. The number of carbonyl (C=O) groups is 1. The zero-order valence-electron chi connectivity index (χ0n) is 12.1. The summed E-state index contributed by atoms with van der Waals surface area (Å²) in [4.78, 5) is 15.7. The third-order valence-corrected chi connectivity index (χ3v) is 3.21. The molecule has 1 heterocycles. The number of hydrogen-bond acceptors (Lipinski definition) is 3. The van der Waals surface area contributed by atoms with Gasteiger partial charge in [-0.1, -0.05) is 20.8 Å². The maximum absolute atomic E-state index is 11.1. The second-order valence-electron chi connectivity index (χ2n) is 5.92. The molecule has 0 aliphatic heterocycles. The summed E-state index contributed by atoms with van der Waals surface area (Å²) in [6, 6.07) is 4.96. The van der Waals surface area contributed by atoms with E-state index in [9.17, 15) is 4.79 Å². The Morgan fingerprint density at radius 3 is 2.60 bits per heavy atom. The van der Waals surface area contributed by atoms with Crippen LogP contribution < -0.4 is 0 Å². The molecular formula is C15H20N2O3. The fourth-order valence-corrected chi connectivity index (χ4v) is 2.28. The van der Waals surface area contributed by atoms with Crippen molar-refractivity contribution in [2.45, 2.75) is 39.2 Å². The van der Waals surface area contributed by atoms with E-state index in [1.807, 2.05) is 4.57 Å². The summed E-state index contributed by atoms with van der Waals surface area (Å²) in [7, 11) is 0. The van der Waals surface area contributed by atoms with Crippen LogP contribution >= 0.6 is 0 Å². The van der Waals surface area contributed by atoms with E-state index in [0.717, 1.165) is 16.9 Å². The number of imidazole rings is 1. The summed E-state index contributed by atoms with van der Waals surface area (Å²) in [5.41, 5.74) is 1.71. The zero-order chi connectivity index (χ0) is 14.9. The predicted octanol–water partition coefficient (Wildman–Crippen LogP) is 2.41. The standard InChI is InChI=1S/C15H20N2O3/c1-15(2,3)14-16-11-6-5-10(13(19)20)9-12(11)17(14)7-4-8-18/h5-6,9,18H,4,7-8H2,1-3H3,(H,19,20). The molecule has 0 saturated heterocycles. The minimum atomic E-state index is -0.945. The highest BCUT2D eigenvalue weighted by Crippen LogP contribution is 2.27. The van der Waals surface area contributed by atoms with Crippen LogP contribution in [0.15, 0.2) is 18.2 Å². The predicted molar refractivity (Wildman–Crippen MR) is 77.1 cm³/mol. The third-order valence-electron chi connectivity index (χ3n) is 3.21. The fourth-order valence-electron chi connectivity index (χ4n) is 2.28. The molecule has 2 aromatic rings. The summed E-state index contributed by atoms with van der Waals surface area (Å²) in [5, 5.41) is 18.2. The Hall–Kier alpha value is -1.88. The second kappa shape index (κ2) is 5.25. The average Bonchev–Trinajstić information content (AvgIpc) is 2.73. The molecule has 108 valence electrons. The molecule has 0 bridgehead atoms. The highest BCUT2D eigenvalue weighted by Gasteiger charge is 2.23. The molecule has 2 rings (SSSR count). The van der Waals surface area contributed by atoms with E-state index >= 15 is 0 Å². The molecule has 1 aromatic heterocycles. The van der Waals surface area contributed by atoms with Gasteiger partial charge < -0.3 is 14.8 Å². The molecule has 0 atom stereocenters. The molecular weight excluding hydrogens is 256 g/mol. The van der Waals surface area contributed by atoms with Crippen molar-refractivity contribution in [3.05, 3.63) is 29.6 Å². The van der Waals surface area contributed by atoms with Crippen molar-refractivity contribution in [1.29, 1.82) is 0 Å². The highest BCUT2D eigenvalue weighted by molar-refractivity contribution is 5.92. The van der Waals surface area contributed by atoms with Gasteiger partial charge in [0.1, 0.15) is 5.82 Å². The van der Waals surface area contributed by atoms with Gasteiger partial charge >= 0.3 is 5.97 Å². The third kappa shape index (κ3) is 2.67. The number of hydrogen-bond donors (Lipinski definition) is 2. The van der Waals surface area contributed by atoms with Gasteiger partial charge in [-0.3, -0.25) is 0 Å². The van der Waals surface area contributed by atoms with Gasteiger partial charge in [0.05, 0.1) is 16.6 Å². The van der Waals surface area contributed by atoms with Crippen molar-refractivity contribution in [2.75, 3.05) is 6.61 Å². The maximum Gasteiger partial charge on any atom is 0.335 e. The van der Waals surface area contributed by atoms with E-state index in [1.165, 1.54) is 0 Å². The van der Waals surface area contributed by atoms with Crippen molar-refractivity contribution in [1.82, 2.24) is 9.55 Å². The Labute approximate surface area is 117 Å². The summed E-state index contributed by atoms with van der Waals surface area (Å²) in [6.45, 7) is 6.94. The molecule has 1 aromatic carbocycles. The topological polar surface area (TPSA) is 75.3 Å². The van der Waals surface area contributed by atoms with Crippen molar-refractivity contribution in [2.24, 2.45) is 0 Å². The minimum absolute atomic E-state index is 0.0991. The minimum Gasteiger partial charge on any atom is -0.478 e. The first-order valence-electron chi connectivity index (χ1n) is 6.69. The van der Waals surface area contributed by atoms with E-state index in [4.69, 9.17) is 10.2 Å². The molecule has 0 spiro atoms. The van der Waals surface area contributed by atoms with Crippen molar-refractivity contribution in [3.63, 3.8) is 0 Å². The van der Waals surface area contributed by atoms with Gasteiger partial charge in [-0.25, -0.2) is 9.78 Å². The Kier molecular flexibility index (Phi) is 3.81. The molecule has 0 saturated carbocycles. The van der Waals surface area contributed by atoms with Crippen LogP contribution in [-0.2, 0) is 12.0 Å². The van der Waals surface area contributed by atoms with Gasteiger partial charge in [-0.15, -0.1) is 0 Å². The number of aromatic carboxylic acids is 1. The lowest BCUT2D eigenvalue weighted by Gasteiger charge is -2.20. The SMILES string of the molecule is CC(C)(C)c1nc2ccc(C(=O)O)cc2n1CCCO. The molecule has 20 heavy (non-hydrogen) atoms. The lowest BCUT2D eigenvalue weighted by Crippen LogP contribution is -2.19. The highest BCUT2D eigenvalue weighted by atomic mass is 16.4. The van der Waals surface area contributed by atoms with E-state index in [1.54, 1.807) is 18.2 Å². The number of nitrogens with zero attached hydrogens (tertiary/aromatic N) is 2. The van der Waals surface area contributed by atoms with Crippen LogP contribution in [0.3, 0.4) is 0 Å². The average molecular weight is 276 g/mol. The first-order valence-corrected chi connectivity index (χ1v) is 6.69. The van der Waals surface area contributed by atoms with Gasteiger partial charge in [0, 0.05) is 18.6 Å². The number of aliphatic hydroxyl groups excluding tert-OH is 1. The number of rotatable bonds is 4. The number of benzene rings is 1. The van der Waals surface area contributed by atoms with Crippen LogP contribution in [-0.4, -0.2) is 32.3 Å². The lowest BCUT2D eigenvalue weighted by atomic mass is 9.95. The number of carboxylic acid groups (broad SMARTS) is 1. The Morgan fingerprint density at radius 1 is 1.35 bits per heavy atom. The van der Waals surface area contributed by atoms with Gasteiger partial charge in [-0.05, 0) is 24.6 Å². The van der Waals surface area contributed by atoms with Crippen LogP contribution in [0.4, 0.5) is 0 Å². The van der Waals surface area contributed by atoms with Gasteiger partial charge in [0.2, 0.25) is 0 Å². The van der Waals surface area contributed by atoms with Gasteiger partial charge in [0.25, 0.3) is 0 Å². The zero-order valence-corrected chi connectivity index (χ0v) is 12.1. The smallest absolute Gasteiger partial charge is 0.335 e. The molecule has 0 amide bonds. The van der Waals surface area contributed by atoms with Gasteiger partial charge in [0.15, 0.2) is 0 Å². The number of aryl methyl sites for hydroxylation is 1. The second-order valence-corrected chi connectivity index (χ2v) is 5.92. The number of fused-ring (bicyclic) bond motifs is 1. The molecule has 0 aliphatic rings. The Morgan fingerprint density at radius 2 is 2.05 bits per heavy atom. The summed E-state index contributed by atoms with van der Waals surface area (Å²) >= 11 is 0.